The Hall–Kier alpha value is -3.83. The van der Waals surface area contributed by atoms with Gasteiger partial charge in [0.1, 0.15) is 0 Å². The average molecular weight is 489 g/mol. The van der Waals surface area contributed by atoms with E-state index in [4.69, 9.17) is 5.26 Å². The van der Waals surface area contributed by atoms with Crippen molar-refractivity contribution in [2.24, 2.45) is 0 Å². The maximum Gasteiger partial charge on any atom is 0.264 e. The molecule has 4 rings (SSSR count). The Kier molecular flexibility index (Phi) is 7.08. The van der Waals surface area contributed by atoms with Crippen LogP contribution in [0.25, 0.3) is 0 Å². The van der Waals surface area contributed by atoms with Crippen molar-refractivity contribution in [1.29, 1.82) is 5.26 Å². The first-order valence-electron chi connectivity index (χ1n) is 11.5. The molecule has 8 heteroatoms. The smallest absolute Gasteiger partial charge is 0.264 e. The van der Waals surface area contributed by atoms with E-state index in [9.17, 15) is 13.2 Å². The first-order valence-corrected chi connectivity index (χ1v) is 12.9. The Morgan fingerprint density at radius 3 is 2.34 bits per heavy atom. The van der Waals surface area contributed by atoms with E-state index in [1.54, 1.807) is 41.3 Å². The first kappa shape index (κ1) is 24.3. The van der Waals surface area contributed by atoms with Crippen LogP contribution in [0, 0.1) is 18.3 Å². The van der Waals surface area contributed by atoms with Crippen LogP contribution in [0.2, 0.25) is 0 Å². The lowest BCUT2D eigenvalue weighted by atomic mass is 10.2. The topological polar surface area (TPSA) is 84.7 Å². The Labute approximate surface area is 206 Å². The van der Waals surface area contributed by atoms with Gasteiger partial charge in [0.2, 0.25) is 0 Å². The SMILES string of the molecule is Cc1ccc(N(C)S(=O)(=O)c2cccc(C(=O)N3CCCN(c4ccc(C#N)cc4)CC3)c2)cc1. The molecule has 3 aromatic rings. The molecule has 35 heavy (non-hydrogen) atoms. The summed E-state index contributed by atoms with van der Waals surface area (Å²) >= 11 is 0. The molecule has 1 aliphatic rings. The number of amides is 1. The molecule has 0 atom stereocenters. The molecule has 0 bridgehead atoms. The second-order valence-corrected chi connectivity index (χ2v) is 10.6. The Morgan fingerprint density at radius 1 is 0.943 bits per heavy atom. The largest absolute Gasteiger partial charge is 0.370 e. The number of rotatable bonds is 5. The van der Waals surface area contributed by atoms with Gasteiger partial charge in [0.05, 0.1) is 22.2 Å². The summed E-state index contributed by atoms with van der Waals surface area (Å²) in [6.45, 7) is 4.52. The van der Waals surface area contributed by atoms with E-state index in [2.05, 4.69) is 11.0 Å². The van der Waals surface area contributed by atoms with Crippen LogP contribution in [0.5, 0.6) is 0 Å². The van der Waals surface area contributed by atoms with Crippen LogP contribution in [-0.4, -0.2) is 52.5 Å². The molecule has 0 aromatic heterocycles. The van der Waals surface area contributed by atoms with Gasteiger partial charge >= 0.3 is 0 Å². The molecule has 0 aliphatic carbocycles. The maximum atomic E-state index is 13.3. The number of hydrogen-bond acceptors (Lipinski definition) is 5. The second-order valence-electron chi connectivity index (χ2n) is 8.63. The number of sulfonamides is 1. The third-order valence-corrected chi connectivity index (χ3v) is 8.06. The fourth-order valence-electron chi connectivity index (χ4n) is 4.15. The van der Waals surface area contributed by atoms with Crippen molar-refractivity contribution >= 4 is 27.3 Å². The van der Waals surface area contributed by atoms with Crippen molar-refractivity contribution in [1.82, 2.24) is 4.90 Å². The lowest BCUT2D eigenvalue weighted by molar-refractivity contribution is 0.0766. The molecule has 1 amide bonds. The monoisotopic (exact) mass is 488 g/mol. The first-order chi connectivity index (χ1) is 16.8. The predicted octanol–water partition coefficient (Wildman–Crippen LogP) is 4.04. The lowest BCUT2D eigenvalue weighted by Gasteiger charge is -2.24. The highest BCUT2D eigenvalue weighted by Gasteiger charge is 2.25. The molecular weight excluding hydrogens is 460 g/mol. The molecule has 0 spiro atoms. The fourth-order valence-corrected chi connectivity index (χ4v) is 5.39. The summed E-state index contributed by atoms with van der Waals surface area (Å²) in [5, 5.41) is 9.01. The van der Waals surface area contributed by atoms with Gasteiger partial charge in [0.25, 0.3) is 15.9 Å². The predicted molar refractivity (Wildman–Crippen MR) is 137 cm³/mol. The van der Waals surface area contributed by atoms with Crippen molar-refractivity contribution in [2.75, 3.05) is 42.4 Å². The van der Waals surface area contributed by atoms with E-state index in [1.807, 2.05) is 31.2 Å². The minimum atomic E-state index is -3.82. The Balaban J connectivity index is 1.49. The third-order valence-electron chi connectivity index (χ3n) is 6.28. The van der Waals surface area contributed by atoms with Crippen LogP contribution in [0.15, 0.2) is 77.7 Å². The summed E-state index contributed by atoms with van der Waals surface area (Å²) in [5.74, 6) is -0.179. The normalized spacial score (nSPS) is 14.2. The summed E-state index contributed by atoms with van der Waals surface area (Å²) in [7, 11) is -2.30. The summed E-state index contributed by atoms with van der Waals surface area (Å²) in [6, 6.07) is 23.1. The average Bonchev–Trinajstić information content (AvgIpc) is 3.15. The van der Waals surface area contributed by atoms with Crippen molar-refractivity contribution in [3.63, 3.8) is 0 Å². The molecule has 3 aromatic carbocycles. The van der Waals surface area contributed by atoms with Gasteiger partial charge in [0.15, 0.2) is 0 Å². The van der Waals surface area contributed by atoms with E-state index in [0.29, 0.717) is 36.4 Å². The number of nitriles is 1. The number of anilines is 2. The standard InChI is InChI=1S/C27H28N4O3S/c1-21-7-11-24(12-8-21)29(2)35(33,34)26-6-3-5-23(19-26)27(32)31-16-4-15-30(17-18-31)25-13-9-22(20-28)10-14-25/h3,5-14,19H,4,15-18H2,1-2H3. The Morgan fingerprint density at radius 2 is 1.66 bits per heavy atom. The molecule has 0 unspecified atom stereocenters. The van der Waals surface area contributed by atoms with Crippen molar-refractivity contribution in [3.05, 3.63) is 89.5 Å². The number of hydrogen-bond donors (Lipinski definition) is 0. The molecule has 0 radical (unpaired) electrons. The van der Waals surface area contributed by atoms with Crippen LogP contribution in [-0.2, 0) is 10.0 Å². The summed E-state index contributed by atoms with van der Waals surface area (Å²) in [5.41, 5.74) is 3.59. The molecule has 180 valence electrons. The van der Waals surface area contributed by atoms with E-state index in [0.717, 1.165) is 24.2 Å². The van der Waals surface area contributed by atoms with Crippen LogP contribution >= 0.6 is 0 Å². The van der Waals surface area contributed by atoms with Crippen LogP contribution < -0.4 is 9.21 Å². The number of carbonyl (C=O) groups excluding carboxylic acids is 1. The summed E-state index contributed by atoms with van der Waals surface area (Å²) < 4.78 is 27.7. The van der Waals surface area contributed by atoms with E-state index < -0.39 is 10.0 Å². The fraction of sp³-hybridized carbons (Fsp3) is 0.259. The van der Waals surface area contributed by atoms with Gasteiger partial charge < -0.3 is 9.80 Å². The van der Waals surface area contributed by atoms with Gasteiger partial charge in [-0.1, -0.05) is 23.8 Å². The summed E-state index contributed by atoms with van der Waals surface area (Å²) in [6.07, 6.45) is 0.792. The van der Waals surface area contributed by atoms with Gasteiger partial charge in [-0.2, -0.15) is 5.26 Å². The van der Waals surface area contributed by atoms with Gasteiger partial charge in [-0.25, -0.2) is 8.42 Å². The van der Waals surface area contributed by atoms with Gasteiger partial charge in [-0.15, -0.1) is 0 Å². The molecule has 0 saturated carbocycles. The lowest BCUT2D eigenvalue weighted by Crippen LogP contribution is -2.35. The number of benzene rings is 3. The number of nitrogens with zero attached hydrogens (tertiary/aromatic N) is 4. The van der Waals surface area contributed by atoms with Crippen LogP contribution in [0.4, 0.5) is 11.4 Å². The molecular formula is C27H28N4O3S. The van der Waals surface area contributed by atoms with Gasteiger partial charge in [-0.05, 0) is 67.9 Å². The van der Waals surface area contributed by atoms with Gasteiger partial charge in [0, 0.05) is 44.5 Å². The highest BCUT2D eigenvalue weighted by atomic mass is 32.2. The zero-order chi connectivity index (χ0) is 25.0. The van der Waals surface area contributed by atoms with Crippen molar-refractivity contribution in [2.45, 2.75) is 18.2 Å². The molecule has 1 aliphatic heterocycles. The van der Waals surface area contributed by atoms with Crippen LogP contribution in [0.3, 0.4) is 0 Å². The molecule has 7 nitrogen and oxygen atoms in total. The maximum absolute atomic E-state index is 13.3. The summed E-state index contributed by atoms with van der Waals surface area (Å²) in [4.78, 5) is 17.4. The number of carbonyl (C=O) groups is 1. The minimum Gasteiger partial charge on any atom is -0.370 e. The highest BCUT2D eigenvalue weighted by molar-refractivity contribution is 7.92. The highest BCUT2D eigenvalue weighted by Crippen LogP contribution is 2.24. The second kappa shape index (κ2) is 10.2. The molecule has 0 N–H and O–H groups in total. The van der Waals surface area contributed by atoms with E-state index >= 15 is 0 Å². The quantitative estimate of drug-likeness (QED) is 0.541. The van der Waals surface area contributed by atoms with E-state index in [-0.39, 0.29) is 10.8 Å². The van der Waals surface area contributed by atoms with Crippen molar-refractivity contribution in [3.8, 4) is 6.07 Å². The number of aryl methyl sites for hydroxylation is 1. The Bertz CT molecular complexity index is 1350. The molecule has 1 fully saturated rings. The molecule has 1 saturated heterocycles. The zero-order valence-electron chi connectivity index (χ0n) is 19.9. The minimum absolute atomic E-state index is 0.0838. The third kappa shape index (κ3) is 5.31. The van der Waals surface area contributed by atoms with E-state index in [1.165, 1.54) is 23.5 Å². The van der Waals surface area contributed by atoms with Crippen molar-refractivity contribution < 1.29 is 13.2 Å². The zero-order valence-corrected chi connectivity index (χ0v) is 20.7. The molecule has 1 heterocycles. The van der Waals surface area contributed by atoms with Crippen LogP contribution in [0.1, 0.15) is 27.9 Å². The van der Waals surface area contributed by atoms with Gasteiger partial charge in [-0.3, -0.25) is 9.10 Å².